The van der Waals surface area contributed by atoms with Gasteiger partial charge in [0, 0.05) is 29.4 Å². The molecule has 8 nitrogen and oxygen atoms in total. The number of halogens is 2. The van der Waals surface area contributed by atoms with Crippen molar-refractivity contribution in [1.29, 1.82) is 0 Å². The van der Waals surface area contributed by atoms with Crippen molar-refractivity contribution in [3.63, 3.8) is 0 Å². The number of anilines is 3. The SMILES string of the molecule is NC(=O)c1ncc(NC2CCCC(F)(F)C2N)nc1Nc1cncc2ccccc12. The summed E-state index contributed by atoms with van der Waals surface area (Å²) in [6.45, 7) is 0. The zero-order valence-electron chi connectivity index (χ0n) is 16.0. The standard InChI is InChI=1S/C20H21F2N7O/c21-20(22)7-3-6-13(17(20)23)27-15-10-26-16(18(24)30)19(29-15)28-14-9-25-8-11-4-1-2-5-12(11)14/h1-2,4-5,8-10,13,17H,3,6-7,23H2,(H2,24,30)(H2,27,28,29). The first-order valence-electron chi connectivity index (χ1n) is 9.52. The van der Waals surface area contributed by atoms with Gasteiger partial charge in [-0.15, -0.1) is 0 Å². The van der Waals surface area contributed by atoms with Crippen LogP contribution in [0.4, 0.5) is 26.1 Å². The summed E-state index contributed by atoms with van der Waals surface area (Å²) in [4.78, 5) is 24.5. The van der Waals surface area contributed by atoms with E-state index in [2.05, 4.69) is 25.6 Å². The lowest BCUT2D eigenvalue weighted by Crippen LogP contribution is -2.55. The Morgan fingerprint density at radius 1 is 1.20 bits per heavy atom. The van der Waals surface area contributed by atoms with Crippen molar-refractivity contribution in [2.24, 2.45) is 11.5 Å². The lowest BCUT2D eigenvalue weighted by Gasteiger charge is -2.36. The number of aromatic nitrogens is 3. The average Bonchev–Trinajstić information content (AvgIpc) is 2.72. The Balaban J connectivity index is 1.66. The highest BCUT2D eigenvalue weighted by atomic mass is 19.3. The fraction of sp³-hybridized carbons (Fsp3) is 0.300. The Hall–Kier alpha value is -3.40. The molecule has 6 N–H and O–H groups in total. The number of hydrogen-bond donors (Lipinski definition) is 4. The summed E-state index contributed by atoms with van der Waals surface area (Å²) in [7, 11) is 0. The van der Waals surface area contributed by atoms with Crippen LogP contribution in [-0.2, 0) is 0 Å². The maximum absolute atomic E-state index is 14.0. The number of nitrogens with one attached hydrogen (secondary N) is 2. The monoisotopic (exact) mass is 413 g/mol. The average molecular weight is 413 g/mol. The first-order chi connectivity index (χ1) is 14.3. The molecule has 4 rings (SSSR count). The molecule has 0 radical (unpaired) electrons. The minimum absolute atomic E-state index is 0.0771. The highest BCUT2D eigenvalue weighted by Gasteiger charge is 2.44. The van der Waals surface area contributed by atoms with Gasteiger partial charge < -0.3 is 22.1 Å². The molecular weight excluding hydrogens is 392 g/mol. The van der Waals surface area contributed by atoms with E-state index in [9.17, 15) is 13.6 Å². The Bertz CT molecular complexity index is 1090. The summed E-state index contributed by atoms with van der Waals surface area (Å²) in [6, 6.07) is 5.53. The number of primary amides is 1. The second-order valence-electron chi connectivity index (χ2n) is 7.28. The van der Waals surface area contributed by atoms with Crippen LogP contribution in [0.5, 0.6) is 0 Å². The van der Waals surface area contributed by atoms with Gasteiger partial charge in [0.25, 0.3) is 11.8 Å². The van der Waals surface area contributed by atoms with E-state index < -0.39 is 23.9 Å². The Labute approximate surface area is 171 Å². The summed E-state index contributed by atoms with van der Waals surface area (Å²) in [5.74, 6) is -3.41. The van der Waals surface area contributed by atoms with E-state index in [4.69, 9.17) is 11.5 Å². The molecule has 1 aliphatic rings. The van der Waals surface area contributed by atoms with E-state index in [-0.39, 0.29) is 23.8 Å². The van der Waals surface area contributed by atoms with Gasteiger partial charge in [-0.2, -0.15) is 0 Å². The first-order valence-corrected chi connectivity index (χ1v) is 9.52. The van der Waals surface area contributed by atoms with Crippen molar-refractivity contribution in [1.82, 2.24) is 15.0 Å². The predicted octanol–water partition coefficient (Wildman–Crippen LogP) is 2.79. The van der Waals surface area contributed by atoms with Gasteiger partial charge in [-0.1, -0.05) is 24.3 Å². The van der Waals surface area contributed by atoms with Crippen LogP contribution in [0.25, 0.3) is 10.8 Å². The van der Waals surface area contributed by atoms with Crippen molar-refractivity contribution < 1.29 is 13.6 Å². The number of hydrogen-bond acceptors (Lipinski definition) is 7. The van der Waals surface area contributed by atoms with E-state index in [1.807, 2.05) is 24.3 Å². The summed E-state index contributed by atoms with van der Waals surface area (Å²) >= 11 is 0. The Morgan fingerprint density at radius 3 is 2.80 bits per heavy atom. The van der Waals surface area contributed by atoms with Gasteiger partial charge in [0.1, 0.15) is 5.82 Å². The van der Waals surface area contributed by atoms with Crippen LogP contribution in [0.15, 0.2) is 42.9 Å². The van der Waals surface area contributed by atoms with Crippen LogP contribution < -0.4 is 22.1 Å². The number of carbonyl (C=O) groups excluding carboxylic acids is 1. The van der Waals surface area contributed by atoms with E-state index in [0.717, 1.165) is 10.8 Å². The van der Waals surface area contributed by atoms with Gasteiger partial charge in [-0.25, -0.2) is 18.7 Å². The molecular formula is C20H21F2N7O. The van der Waals surface area contributed by atoms with Crippen LogP contribution in [-0.4, -0.2) is 38.9 Å². The van der Waals surface area contributed by atoms with Gasteiger partial charge in [0.15, 0.2) is 11.5 Å². The molecule has 2 unspecified atom stereocenters. The fourth-order valence-corrected chi connectivity index (χ4v) is 3.62. The molecule has 2 aromatic heterocycles. The smallest absolute Gasteiger partial charge is 0.271 e. The van der Waals surface area contributed by atoms with Crippen molar-refractivity contribution >= 4 is 34.0 Å². The molecule has 2 heterocycles. The number of nitrogens with two attached hydrogens (primary N) is 2. The molecule has 1 saturated carbocycles. The molecule has 1 aliphatic carbocycles. The Morgan fingerprint density at radius 2 is 2.00 bits per heavy atom. The first kappa shape index (κ1) is 19.9. The number of carbonyl (C=O) groups is 1. The van der Waals surface area contributed by atoms with Gasteiger partial charge >= 0.3 is 0 Å². The predicted molar refractivity (Wildman–Crippen MR) is 110 cm³/mol. The topological polar surface area (TPSA) is 132 Å². The van der Waals surface area contributed by atoms with Crippen LogP contribution in [0.3, 0.4) is 0 Å². The quantitative estimate of drug-likeness (QED) is 0.506. The van der Waals surface area contributed by atoms with Crippen molar-refractivity contribution in [3.8, 4) is 0 Å². The van der Waals surface area contributed by atoms with E-state index in [1.54, 1.807) is 12.4 Å². The third-order valence-electron chi connectivity index (χ3n) is 5.21. The molecule has 1 aromatic carbocycles. The fourth-order valence-electron chi connectivity index (χ4n) is 3.62. The second-order valence-corrected chi connectivity index (χ2v) is 7.28. The number of pyridine rings is 1. The lowest BCUT2D eigenvalue weighted by molar-refractivity contribution is -0.0554. The maximum Gasteiger partial charge on any atom is 0.271 e. The highest BCUT2D eigenvalue weighted by molar-refractivity contribution is 5.99. The molecule has 2 atom stereocenters. The molecule has 0 spiro atoms. The van der Waals surface area contributed by atoms with E-state index >= 15 is 0 Å². The third kappa shape index (κ3) is 3.86. The molecule has 1 fully saturated rings. The van der Waals surface area contributed by atoms with Crippen molar-refractivity contribution in [2.45, 2.75) is 37.3 Å². The van der Waals surface area contributed by atoms with Crippen molar-refractivity contribution in [2.75, 3.05) is 10.6 Å². The molecule has 3 aromatic rings. The van der Waals surface area contributed by atoms with Gasteiger partial charge in [0.05, 0.1) is 24.1 Å². The minimum Gasteiger partial charge on any atom is -0.364 e. The number of alkyl halides is 2. The van der Waals surface area contributed by atoms with Crippen LogP contribution in [0.2, 0.25) is 0 Å². The molecule has 156 valence electrons. The molecule has 10 heteroatoms. The zero-order valence-corrected chi connectivity index (χ0v) is 16.0. The van der Waals surface area contributed by atoms with Crippen LogP contribution in [0.1, 0.15) is 29.8 Å². The van der Waals surface area contributed by atoms with Gasteiger partial charge in [-0.05, 0) is 12.8 Å². The number of fused-ring (bicyclic) bond motifs is 1. The lowest BCUT2D eigenvalue weighted by atomic mass is 9.87. The summed E-state index contributed by atoms with van der Waals surface area (Å²) in [6.07, 6.45) is 5.17. The largest absolute Gasteiger partial charge is 0.364 e. The van der Waals surface area contributed by atoms with Crippen molar-refractivity contribution in [3.05, 3.63) is 48.5 Å². The number of benzene rings is 1. The molecule has 0 saturated heterocycles. The number of amides is 1. The second kappa shape index (κ2) is 7.79. The molecule has 1 amide bonds. The zero-order chi connectivity index (χ0) is 21.3. The summed E-state index contributed by atoms with van der Waals surface area (Å²) in [5.41, 5.74) is 11.7. The minimum atomic E-state index is -2.95. The van der Waals surface area contributed by atoms with Crippen LogP contribution in [0, 0.1) is 0 Å². The molecule has 0 bridgehead atoms. The molecule has 30 heavy (non-hydrogen) atoms. The maximum atomic E-state index is 14.0. The van der Waals surface area contributed by atoms with E-state index in [1.165, 1.54) is 6.20 Å². The van der Waals surface area contributed by atoms with Crippen LogP contribution >= 0.6 is 0 Å². The van der Waals surface area contributed by atoms with Gasteiger partial charge in [-0.3, -0.25) is 9.78 Å². The Kier molecular flexibility index (Phi) is 5.17. The normalized spacial score (nSPS) is 20.6. The summed E-state index contributed by atoms with van der Waals surface area (Å²) < 4.78 is 27.9. The number of rotatable bonds is 5. The summed E-state index contributed by atoms with van der Waals surface area (Å²) in [5, 5.41) is 7.72. The third-order valence-corrected chi connectivity index (χ3v) is 5.21. The highest BCUT2D eigenvalue weighted by Crippen LogP contribution is 2.34. The van der Waals surface area contributed by atoms with Gasteiger partial charge in [0.2, 0.25) is 0 Å². The number of nitrogens with zero attached hydrogens (tertiary/aromatic N) is 3. The van der Waals surface area contributed by atoms with E-state index in [0.29, 0.717) is 18.5 Å². The molecule has 0 aliphatic heterocycles.